The van der Waals surface area contributed by atoms with Crippen molar-refractivity contribution in [3.8, 4) is 5.82 Å². The van der Waals surface area contributed by atoms with Crippen molar-refractivity contribution in [2.45, 2.75) is 19.4 Å². The average molecular weight is 278 g/mol. The molecule has 4 heteroatoms. The number of imidazole rings is 1. The Balaban J connectivity index is 1.75. The van der Waals surface area contributed by atoms with Crippen LogP contribution in [0.5, 0.6) is 0 Å². The summed E-state index contributed by atoms with van der Waals surface area (Å²) in [6.45, 7) is 2.18. The van der Waals surface area contributed by atoms with Gasteiger partial charge in [-0.05, 0) is 24.1 Å². The quantitative estimate of drug-likeness (QED) is 0.771. The van der Waals surface area contributed by atoms with Crippen molar-refractivity contribution >= 4 is 5.69 Å². The third-order valence-corrected chi connectivity index (χ3v) is 3.47. The molecule has 1 aromatic carbocycles. The van der Waals surface area contributed by atoms with Crippen LogP contribution in [0.1, 0.15) is 24.9 Å². The number of aromatic nitrogens is 3. The molecule has 0 aliphatic rings. The minimum Gasteiger partial charge on any atom is -0.377 e. The number of rotatable bonds is 5. The molecule has 2 heterocycles. The molecule has 0 aliphatic heterocycles. The SMILES string of the molecule is CCC(Nc1ccc(-n2ccnc2)nc1)c1ccccc1. The van der Waals surface area contributed by atoms with Gasteiger partial charge in [-0.15, -0.1) is 0 Å². The molecule has 0 saturated carbocycles. The average Bonchev–Trinajstić information content (AvgIpc) is 3.08. The van der Waals surface area contributed by atoms with Gasteiger partial charge in [0.2, 0.25) is 0 Å². The maximum Gasteiger partial charge on any atom is 0.137 e. The van der Waals surface area contributed by atoms with Gasteiger partial charge in [-0.3, -0.25) is 4.57 Å². The largest absolute Gasteiger partial charge is 0.377 e. The van der Waals surface area contributed by atoms with E-state index in [9.17, 15) is 0 Å². The molecule has 0 saturated heterocycles. The summed E-state index contributed by atoms with van der Waals surface area (Å²) in [6.07, 6.45) is 8.26. The van der Waals surface area contributed by atoms with E-state index in [0.717, 1.165) is 17.9 Å². The van der Waals surface area contributed by atoms with Crippen molar-refractivity contribution in [1.29, 1.82) is 0 Å². The van der Waals surface area contributed by atoms with Gasteiger partial charge in [0.1, 0.15) is 12.1 Å². The van der Waals surface area contributed by atoms with Crippen LogP contribution >= 0.6 is 0 Å². The molecule has 0 spiro atoms. The van der Waals surface area contributed by atoms with E-state index >= 15 is 0 Å². The molecule has 1 atom stereocenters. The van der Waals surface area contributed by atoms with Crippen molar-refractivity contribution in [3.05, 3.63) is 72.9 Å². The van der Waals surface area contributed by atoms with E-state index in [1.165, 1.54) is 5.56 Å². The maximum atomic E-state index is 4.46. The predicted octanol–water partition coefficient (Wildman–Crippen LogP) is 3.83. The Bertz CT molecular complexity index is 660. The summed E-state index contributed by atoms with van der Waals surface area (Å²) in [5, 5.41) is 3.53. The Morgan fingerprint density at radius 1 is 1.14 bits per heavy atom. The zero-order valence-electron chi connectivity index (χ0n) is 12.0. The second-order valence-electron chi connectivity index (χ2n) is 4.89. The first-order chi connectivity index (χ1) is 10.4. The van der Waals surface area contributed by atoms with Crippen molar-refractivity contribution < 1.29 is 0 Å². The molecular formula is C17H18N4. The second-order valence-corrected chi connectivity index (χ2v) is 4.89. The van der Waals surface area contributed by atoms with Gasteiger partial charge in [0.05, 0.1) is 17.9 Å². The normalized spacial score (nSPS) is 12.0. The predicted molar refractivity (Wildman–Crippen MR) is 84.5 cm³/mol. The monoisotopic (exact) mass is 278 g/mol. The van der Waals surface area contributed by atoms with Gasteiger partial charge in [-0.2, -0.15) is 0 Å². The van der Waals surface area contributed by atoms with Gasteiger partial charge in [-0.1, -0.05) is 37.3 Å². The van der Waals surface area contributed by atoms with Gasteiger partial charge in [0.15, 0.2) is 0 Å². The summed E-state index contributed by atoms with van der Waals surface area (Å²) >= 11 is 0. The van der Waals surface area contributed by atoms with Crippen LogP contribution in [-0.2, 0) is 0 Å². The summed E-state index contributed by atoms with van der Waals surface area (Å²) < 4.78 is 1.89. The number of hydrogen-bond acceptors (Lipinski definition) is 3. The lowest BCUT2D eigenvalue weighted by Crippen LogP contribution is -2.09. The van der Waals surface area contributed by atoms with Crippen LogP contribution in [0.25, 0.3) is 5.82 Å². The molecule has 4 nitrogen and oxygen atoms in total. The number of hydrogen-bond donors (Lipinski definition) is 1. The molecular weight excluding hydrogens is 260 g/mol. The Morgan fingerprint density at radius 2 is 2.00 bits per heavy atom. The Kier molecular flexibility index (Phi) is 3.96. The van der Waals surface area contributed by atoms with Crippen molar-refractivity contribution in [2.75, 3.05) is 5.32 Å². The first-order valence-electron chi connectivity index (χ1n) is 7.12. The molecule has 106 valence electrons. The van der Waals surface area contributed by atoms with Gasteiger partial charge < -0.3 is 5.32 Å². The van der Waals surface area contributed by atoms with Crippen LogP contribution in [-0.4, -0.2) is 14.5 Å². The van der Waals surface area contributed by atoms with E-state index in [1.807, 2.05) is 35.2 Å². The number of pyridine rings is 1. The molecule has 2 aromatic heterocycles. The minimum atomic E-state index is 0.298. The fourth-order valence-electron chi connectivity index (χ4n) is 2.33. The first-order valence-corrected chi connectivity index (χ1v) is 7.12. The summed E-state index contributed by atoms with van der Waals surface area (Å²) in [6, 6.07) is 14.8. The maximum absolute atomic E-state index is 4.46. The van der Waals surface area contributed by atoms with Crippen molar-refractivity contribution in [2.24, 2.45) is 0 Å². The minimum absolute atomic E-state index is 0.298. The van der Waals surface area contributed by atoms with Crippen LogP contribution < -0.4 is 5.32 Å². The highest BCUT2D eigenvalue weighted by atomic mass is 15.1. The van der Waals surface area contributed by atoms with Crippen LogP contribution in [0.3, 0.4) is 0 Å². The zero-order valence-corrected chi connectivity index (χ0v) is 12.0. The fourth-order valence-corrected chi connectivity index (χ4v) is 2.33. The number of benzene rings is 1. The standard InChI is InChI=1S/C17H18N4/c1-2-16(14-6-4-3-5-7-14)20-15-8-9-17(19-12-15)21-11-10-18-13-21/h3-13,16,20H,2H2,1H3. The molecule has 1 N–H and O–H groups in total. The molecule has 3 aromatic rings. The van der Waals surface area contributed by atoms with Crippen LogP contribution in [0.2, 0.25) is 0 Å². The van der Waals surface area contributed by atoms with E-state index in [1.54, 1.807) is 12.5 Å². The Labute approximate surface area is 124 Å². The zero-order chi connectivity index (χ0) is 14.5. The summed E-state index contributed by atoms with van der Waals surface area (Å²) in [4.78, 5) is 8.49. The molecule has 0 aliphatic carbocycles. The molecule has 0 bridgehead atoms. The Morgan fingerprint density at radius 3 is 2.62 bits per heavy atom. The van der Waals surface area contributed by atoms with Gasteiger partial charge in [0.25, 0.3) is 0 Å². The fraction of sp³-hybridized carbons (Fsp3) is 0.176. The number of nitrogens with one attached hydrogen (secondary N) is 1. The van der Waals surface area contributed by atoms with Crippen LogP contribution in [0.4, 0.5) is 5.69 Å². The summed E-state index contributed by atoms with van der Waals surface area (Å²) in [5.41, 5.74) is 2.31. The van der Waals surface area contributed by atoms with Crippen LogP contribution in [0, 0.1) is 0 Å². The molecule has 0 radical (unpaired) electrons. The molecule has 3 rings (SSSR count). The highest BCUT2D eigenvalue weighted by Gasteiger charge is 2.08. The van der Waals surface area contributed by atoms with Crippen LogP contribution in [0.15, 0.2) is 67.4 Å². The number of nitrogens with zero attached hydrogens (tertiary/aromatic N) is 3. The topological polar surface area (TPSA) is 42.7 Å². The van der Waals surface area contributed by atoms with E-state index in [2.05, 4.69) is 46.5 Å². The molecule has 21 heavy (non-hydrogen) atoms. The van der Waals surface area contributed by atoms with Gasteiger partial charge >= 0.3 is 0 Å². The lowest BCUT2D eigenvalue weighted by Gasteiger charge is -2.18. The second kappa shape index (κ2) is 6.22. The summed E-state index contributed by atoms with van der Waals surface area (Å²) in [5.74, 6) is 0.866. The van der Waals surface area contributed by atoms with E-state index in [0.29, 0.717) is 6.04 Å². The van der Waals surface area contributed by atoms with E-state index in [-0.39, 0.29) is 0 Å². The first kappa shape index (κ1) is 13.4. The highest BCUT2D eigenvalue weighted by molar-refractivity contribution is 5.46. The Hall–Kier alpha value is -2.62. The molecule has 1 unspecified atom stereocenters. The van der Waals surface area contributed by atoms with Crippen molar-refractivity contribution in [1.82, 2.24) is 14.5 Å². The third kappa shape index (κ3) is 3.11. The smallest absolute Gasteiger partial charge is 0.137 e. The lowest BCUT2D eigenvalue weighted by molar-refractivity contribution is 0.748. The van der Waals surface area contributed by atoms with Gasteiger partial charge in [0, 0.05) is 12.4 Å². The van der Waals surface area contributed by atoms with E-state index < -0.39 is 0 Å². The third-order valence-electron chi connectivity index (χ3n) is 3.47. The highest BCUT2D eigenvalue weighted by Crippen LogP contribution is 2.22. The molecule has 0 fully saturated rings. The lowest BCUT2D eigenvalue weighted by atomic mass is 10.0. The van der Waals surface area contributed by atoms with E-state index in [4.69, 9.17) is 0 Å². The summed E-state index contributed by atoms with van der Waals surface area (Å²) in [7, 11) is 0. The van der Waals surface area contributed by atoms with Crippen molar-refractivity contribution in [3.63, 3.8) is 0 Å². The van der Waals surface area contributed by atoms with Gasteiger partial charge in [-0.25, -0.2) is 9.97 Å². The number of anilines is 1. The molecule has 0 amide bonds.